The minimum Gasteiger partial charge on any atom is -0.465 e. The molecule has 9 nitrogen and oxygen atoms in total. The van der Waals surface area contributed by atoms with Crippen molar-refractivity contribution in [3.8, 4) is 11.4 Å². The maximum absolute atomic E-state index is 12.6. The van der Waals surface area contributed by atoms with E-state index in [0.717, 1.165) is 24.2 Å². The fraction of sp³-hybridized carbons (Fsp3) is 0.348. The Balaban J connectivity index is 1.72. The summed E-state index contributed by atoms with van der Waals surface area (Å²) in [6.45, 7) is 4.81. The summed E-state index contributed by atoms with van der Waals surface area (Å²) >= 11 is 2.97. The van der Waals surface area contributed by atoms with Gasteiger partial charge in [-0.25, -0.2) is 9.59 Å². The predicted octanol–water partition coefficient (Wildman–Crippen LogP) is 4.28. The van der Waals surface area contributed by atoms with E-state index < -0.39 is 11.9 Å². The van der Waals surface area contributed by atoms with Crippen molar-refractivity contribution in [3.05, 3.63) is 45.6 Å². The molecule has 0 saturated carbocycles. The molecule has 0 spiro atoms. The molecule has 0 fully saturated rings. The van der Waals surface area contributed by atoms with E-state index in [1.54, 1.807) is 11.3 Å². The van der Waals surface area contributed by atoms with Gasteiger partial charge in [-0.05, 0) is 37.6 Å². The molecule has 1 amide bonds. The fourth-order valence-corrected chi connectivity index (χ4v) is 5.04. The molecule has 2 aromatic heterocycles. The van der Waals surface area contributed by atoms with Crippen LogP contribution in [0.4, 0.5) is 5.69 Å². The Kier molecular flexibility index (Phi) is 8.83. The summed E-state index contributed by atoms with van der Waals surface area (Å²) in [5.41, 5.74) is 1.56. The van der Waals surface area contributed by atoms with Crippen LogP contribution in [0, 0.1) is 0 Å². The Hall–Kier alpha value is -3.18. The number of hydrogen-bond donors (Lipinski definition) is 1. The van der Waals surface area contributed by atoms with E-state index in [1.165, 1.54) is 49.1 Å². The number of thiophene rings is 1. The molecule has 34 heavy (non-hydrogen) atoms. The van der Waals surface area contributed by atoms with Crippen molar-refractivity contribution < 1.29 is 23.9 Å². The Labute approximate surface area is 205 Å². The molecular weight excluding hydrogens is 476 g/mol. The van der Waals surface area contributed by atoms with Crippen LogP contribution in [0.2, 0.25) is 0 Å². The second kappa shape index (κ2) is 11.8. The van der Waals surface area contributed by atoms with Gasteiger partial charge in [0.15, 0.2) is 11.0 Å². The Morgan fingerprint density at radius 3 is 2.29 bits per heavy atom. The quantitative estimate of drug-likeness (QED) is 0.323. The molecule has 1 aromatic carbocycles. The van der Waals surface area contributed by atoms with Crippen molar-refractivity contribution in [2.45, 2.75) is 38.4 Å². The van der Waals surface area contributed by atoms with E-state index in [2.05, 4.69) is 33.9 Å². The van der Waals surface area contributed by atoms with Crippen molar-refractivity contribution in [2.24, 2.45) is 0 Å². The zero-order valence-electron chi connectivity index (χ0n) is 19.4. The third-order valence-corrected chi connectivity index (χ3v) is 6.80. The van der Waals surface area contributed by atoms with Gasteiger partial charge in [0.2, 0.25) is 5.91 Å². The van der Waals surface area contributed by atoms with Crippen LogP contribution in [0.1, 0.15) is 45.9 Å². The zero-order chi connectivity index (χ0) is 24.7. The number of nitrogens with one attached hydrogen (secondary N) is 1. The zero-order valence-corrected chi connectivity index (χ0v) is 21.0. The van der Waals surface area contributed by atoms with E-state index >= 15 is 0 Å². The first kappa shape index (κ1) is 25.4. The van der Waals surface area contributed by atoms with Gasteiger partial charge in [0.25, 0.3) is 0 Å². The Morgan fingerprint density at radius 2 is 1.71 bits per heavy atom. The molecule has 3 rings (SSSR count). The number of rotatable bonds is 10. The number of aryl methyl sites for hydroxylation is 1. The molecule has 0 bridgehead atoms. The number of aromatic nitrogens is 3. The summed E-state index contributed by atoms with van der Waals surface area (Å²) in [7, 11) is 2.47. The summed E-state index contributed by atoms with van der Waals surface area (Å²) in [5.74, 6) is -0.739. The number of esters is 2. The second-order valence-corrected chi connectivity index (χ2v) is 9.16. The average molecular weight is 503 g/mol. The number of benzene rings is 1. The molecule has 0 atom stereocenters. The van der Waals surface area contributed by atoms with E-state index in [1.807, 2.05) is 11.5 Å². The summed E-state index contributed by atoms with van der Waals surface area (Å²) in [6, 6.07) is 6.37. The van der Waals surface area contributed by atoms with Crippen molar-refractivity contribution in [1.29, 1.82) is 0 Å². The lowest BCUT2D eigenvalue weighted by atomic mass is 10.1. The number of carbonyl (C=O) groups excluding carboxylic acids is 3. The number of anilines is 1. The van der Waals surface area contributed by atoms with Gasteiger partial charge in [-0.15, -0.1) is 21.5 Å². The Bertz CT molecular complexity index is 1150. The van der Waals surface area contributed by atoms with Gasteiger partial charge in [-0.1, -0.05) is 25.1 Å². The summed E-state index contributed by atoms with van der Waals surface area (Å²) < 4.78 is 11.4. The minimum absolute atomic E-state index is 0.0683. The number of amides is 1. The van der Waals surface area contributed by atoms with Crippen LogP contribution in [0.5, 0.6) is 0 Å². The smallest absolute Gasteiger partial charge is 0.337 e. The molecule has 0 saturated heterocycles. The lowest BCUT2D eigenvalue weighted by Gasteiger charge is -2.10. The summed E-state index contributed by atoms with van der Waals surface area (Å²) in [5, 5.41) is 14.0. The molecule has 180 valence electrons. The lowest BCUT2D eigenvalue weighted by Crippen LogP contribution is -2.16. The van der Waals surface area contributed by atoms with Crippen molar-refractivity contribution >= 4 is 46.6 Å². The van der Waals surface area contributed by atoms with E-state index in [4.69, 9.17) is 9.47 Å². The van der Waals surface area contributed by atoms with Crippen molar-refractivity contribution in [3.63, 3.8) is 0 Å². The molecule has 0 radical (unpaired) electrons. The number of nitrogens with zero attached hydrogens (tertiary/aromatic N) is 3. The molecule has 0 aliphatic heterocycles. The number of methoxy groups -OCH3 is 2. The van der Waals surface area contributed by atoms with Gasteiger partial charge in [-0.3, -0.25) is 4.79 Å². The van der Waals surface area contributed by atoms with Crippen LogP contribution in [0.15, 0.2) is 34.8 Å². The van der Waals surface area contributed by atoms with Crippen LogP contribution >= 0.6 is 23.1 Å². The molecule has 0 aliphatic carbocycles. The average Bonchev–Trinajstić information content (AvgIpc) is 3.48. The highest BCUT2D eigenvalue weighted by Gasteiger charge is 2.18. The van der Waals surface area contributed by atoms with Crippen LogP contribution in [-0.4, -0.2) is 52.6 Å². The topological polar surface area (TPSA) is 112 Å². The molecule has 11 heteroatoms. The molecule has 0 aliphatic rings. The molecule has 2 heterocycles. The van der Waals surface area contributed by atoms with Gasteiger partial charge in [0, 0.05) is 28.1 Å². The number of thioether (sulfide) groups is 1. The van der Waals surface area contributed by atoms with E-state index in [0.29, 0.717) is 11.7 Å². The normalized spacial score (nSPS) is 10.7. The highest BCUT2D eigenvalue weighted by Crippen LogP contribution is 2.28. The minimum atomic E-state index is -0.630. The standard InChI is InChI=1S/C23H26N4O5S2/c1-5-7-18-11-16(12-33-18)20-25-26-23(27(20)6-2)34-13-19(28)24-17-9-14(21(29)31-3)8-15(10-17)22(30)32-4/h8-12H,5-7,13H2,1-4H3,(H,24,28). The van der Waals surface area contributed by atoms with Crippen molar-refractivity contribution in [1.82, 2.24) is 14.8 Å². The van der Waals surface area contributed by atoms with Crippen molar-refractivity contribution in [2.75, 3.05) is 25.3 Å². The van der Waals surface area contributed by atoms with Crippen LogP contribution in [0.25, 0.3) is 11.4 Å². The Morgan fingerprint density at radius 1 is 1.03 bits per heavy atom. The summed E-state index contributed by atoms with van der Waals surface area (Å²) in [4.78, 5) is 37.8. The SMILES string of the molecule is CCCc1cc(-c2nnc(SCC(=O)Nc3cc(C(=O)OC)cc(C(=O)OC)c3)n2CC)cs1. The molecule has 3 aromatic rings. The van der Waals surface area contributed by atoms with E-state index in [9.17, 15) is 14.4 Å². The monoisotopic (exact) mass is 502 g/mol. The molecular formula is C23H26N4O5S2. The highest BCUT2D eigenvalue weighted by atomic mass is 32.2. The summed E-state index contributed by atoms with van der Waals surface area (Å²) in [6.07, 6.45) is 2.11. The highest BCUT2D eigenvalue weighted by molar-refractivity contribution is 7.99. The van der Waals surface area contributed by atoms with Crippen LogP contribution in [0.3, 0.4) is 0 Å². The fourth-order valence-electron chi connectivity index (χ4n) is 3.27. The lowest BCUT2D eigenvalue weighted by molar-refractivity contribution is -0.113. The van der Waals surface area contributed by atoms with E-state index in [-0.39, 0.29) is 28.5 Å². The van der Waals surface area contributed by atoms with Gasteiger partial charge >= 0.3 is 11.9 Å². The third-order valence-electron chi connectivity index (χ3n) is 4.83. The third kappa shape index (κ3) is 6.03. The van der Waals surface area contributed by atoms with Crippen LogP contribution in [-0.2, 0) is 27.2 Å². The number of hydrogen-bond acceptors (Lipinski definition) is 9. The van der Waals surface area contributed by atoms with Gasteiger partial charge in [0.05, 0.1) is 31.1 Å². The van der Waals surface area contributed by atoms with Gasteiger partial charge in [-0.2, -0.15) is 0 Å². The maximum atomic E-state index is 12.6. The van der Waals surface area contributed by atoms with Gasteiger partial charge in [0.1, 0.15) is 0 Å². The van der Waals surface area contributed by atoms with Crippen LogP contribution < -0.4 is 5.32 Å². The largest absolute Gasteiger partial charge is 0.465 e. The van der Waals surface area contributed by atoms with Gasteiger partial charge < -0.3 is 19.4 Å². The number of ether oxygens (including phenoxy) is 2. The first-order chi connectivity index (χ1) is 16.4. The molecule has 1 N–H and O–H groups in total. The predicted molar refractivity (Wildman–Crippen MR) is 131 cm³/mol. The first-order valence-corrected chi connectivity index (χ1v) is 12.5. The number of carbonyl (C=O) groups is 3. The maximum Gasteiger partial charge on any atom is 0.337 e. The molecule has 0 unspecified atom stereocenters. The first-order valence-electron chi connectivity index (χ1n) is 10.6. The second-order valence-electron chi connectivity index (χ2n) is 7.22.